The average Bonchev–Trinajstić information content (AvgIpc) is 2.99. The summed E-state index contributed by atoms with van der Waals surface area (Å²) in [5.41, 5.74) is 1.68. The van der Waals surface area contributed by atoms with Crippen molar-refractivity contribution in [2.24, 2.45) is 23.2 Å². The second-order valence-electron chi connectivity index (χ2n) is 9.88. The zero-order valence-corrected chi connectivity index (χ0v) is 18.0. The van der Waals surface area contributed by atoms with Crippen LogP contribution in [0.5, 0.6) is 0 Å². The molecule has 0 amide bonds. The van der Waals surface area contributed by atoms with Crippen molar-refractivity contribution in [2.45, 2.75) is 45.1 Å². The highest BCUT2D eigenvalue weighted by atomic mass is 16.6. The number of rotatable bonds is 7. The summed E-state index contributed by atoms with van der Waals surface area (Å²) in [6.45, 7) is 13.7. The Morgan fingerprint density at radius 3 is 2.76 bits per heavy atom. The van der Waals surface area contributed by atoms with E-state index in [1.807, 2.05) is 0 Å². The molecule has 4 aliphatic rings. The number of aliphatic hydroxyl groups excluding tert-OH is 1. The molecule has 0 aromatic rings. The molecule has 1 N–H and O–H groups in total. The molecule has 29 heavy (non-hydrogen) atoms. The fourth-order valence-electron chi connectivity index (χ4n) is 6.30. The molecule has 2 aliphatic carbocycles. The first-order chi connectivity index (χ1) is 14.0. The van der Waals surface area contributed by atoms with Crippen molar-refractivity contribution in [3.05, 3.63) is 12.2 Å². The van der Waals surface area contributed by atoms with Crippen LogP contribution in [0.15, 0.2) is 12.2 Å². The fourth-order valence-corrected chi connectivity index (χ4v) is 6.30. The summed E-state index contributed by atoms with van der Waals surface area (Å²) in [6.07, 6.45) is 5.84. The van der Waals surface area contributed by atoms with Crippen molar-refractivity contribution >= 4 is 5.97 Å². The highest BCUT2D eigenvalue weighted by Gasteiger charge is 2.55. The number of carbonyl (C=O) groups excluding carboxylic acids is 1. The van der Waals surface area contributed by atoms with E-state index in [9.17, 15) is 4.79 Å². The minimum absolute atomic E-state index is 0.0266. The van der Waals surface area contributed by atoms with Gasteiger partial charge in [-0.2, -0.15) is 0 Å². The van der Waals surface area contributed by atoms with Gasteiger partial charge in [-0.15, -0.1) is 0 Å². The Balaban J connectivity index is 1.30. The van der Waals surface area contributed by atoms with Gasteiger partial charge < -0.3 is 14.6 Å². The van der Waals surface area contributed by atoms with Gasteiger partial charge in [-0.25, -0.2) is 0 Å². The van der Waals surface area contributed by atoms with Gasteiger partial charge in [-0.05, 0) is 43.4 Å². The van der Waals surface area contributed by atoms with E-state index in [1.165, 1.54) is 18.4 Å². The normalized spacial score (nSPS) is 38.6. The Labute approximate surface area is 175 Å². The first-order valence-corrected chi connectivity index (χ1v) is 11.5. The number of aliphatic hydroxyl groups is 1. The van der Waals surface area contributed by atoms with Crippen molar-refractivity contribution in [1.82, 2.24) is 9.80 Å². The molecular formula is C23H38N2O4. The molecule has 0 aromatic carbocycles. The number of hydrogen-bond donors (Lipinski definition) is 1. The number of nitrogens with zero attached hydrogens (tertiary/aromatic N) is 2. The van der Waals surface area contributed by atoms with Crippen LogP contribution in [0.3, 0.4) is 0 Å². The molecule has 2 aliphatic heterocycles. The number of esters is 1. The molecular weight excluding hydrogens is 368 g/mol. The van der Waals surface area contributed by atoms with Crippen LogP contribution < -0.4 is 0 Å². The summed E-state index contributed by atoms with van der Waals surface area (Å²) in [5.74, 6) is 0.983. The largest absolute Gasteiger partial charge is 0.462 e. The topological polar surface area (TPSA) is 62.2 Å². The lowest BCUT2D eigenvalue weighted by molar-refractivity contribution is -0.146. The predicted molar refractivity (Wildman–Crippen MR) is 111 cm³/mol. The molecule has 0 bridgehead atoms. The standard InChI is InChI=1S/C23H38N2O4/c1-17-4-3-5-23(2)15-21-18(14-20(17)23)19(22(27)29-21)16-25-8-6-24(7-9-25)10-12-28-13-11-26/h18-21,26H,1,3-16H2,2H3/t18-,19+,20+,21+,23-/m0/s1. The Hall–Kier alpha value is -0.950. The first kappa shape index (κ1) is 21.3. The first-order valence-electron chi connectivity index (χ1n) is 11.5. The van der Waals surface area contributed by atoms with E-state index in [2.05, 4.69) is 23.3 Å². The van der Waals surface area contributed by atoms with Gasteiger partial charge in [0.1, 0.15) is 6.10 Å². The molecule has 4 rings (SSSR count). The highest BCUT2D eigenvalue weighted by molar-refractivity contribution is 5.75. The van der Waals surface area contributed by atoms with E-state index in [0.29, 0.717) is 25.0 Å². The van der Waals surface area contributed by atoms with E-state index in [1.54, 1.807) is 0 Å². The lowest BCUT2D eigenvalue weighted by Gasteiger charge is -2.50. The Morgan fingerprint density at radius 1 is 1.24 bits per heavy atom. The van der Waals surface area contributed by atoms with Gasteiger partial charge in [-0.3, -0.25) is 14.6 Å². The smallest absolute Gasteiger partial charge is 0.310 e. The molecule has 5 atom stereocenters. The monoisotopic (exact) mass is 406 g/mol. The van der Waals surface area contributed by atoms with Crippen LogP contribution in [-0.4, -0.2) is 86.1 Å². The van der Waals surface area contributed by atoms with E-state index in [-0.39, 0.29) is 30.0 Å². The number of hydrogen-bond acceptors (Lipinski definition) is 6. The minimum atomic E-state index is 0.0266. The van der Waals surface area contributed by atoms with Crippen molar-refractivity contribution < 1.29 is 19.4 Å². The molecule has 2 saturated heterocycles. The molecule has 0 aromatic heterocycles. The second kappa shape index (κ2) is 9.04. The van der Waals surface area contributed by atoms with Gasteiger partial charge in [0.25, 0.3) is 0 Å². The molecule has 164 valence electrons. The van der Waals surface area contributed by atoms with Gasteiger partial charge in [0, 0.05) is 45.2 Å². The number of carbonyl (C=O) groups is 1. The summed E-state index contributed by atoms with van der Waals surface area (Å²) >= 11 is 0. The third-order valence-electron chi connectivity index (χ3n) is 8.03. The molecule has 6 nitrogen and oxygen atoms in total. The van der Waals surface area contributed by atoms with Crippen molar-refractivity contribution in [3.8, 4) is 0 Å². The maximum Gasteiger partial charge on any atom is 0.310 e. The van der Waals surface area contributed by atoms with E-state index in [4.69, 9.17) is 14.6 Å². The molecule has 0 radical (unpaired) electrons. The van der Waals surface area contributed by atoms with Gasteiger partial charge in [0.15, 0.2) is 0 Å². The lowest BCUT2D eigenvalue weighted by Crippen LogP contribution is -2.50. The maximum absolute atomic E-state index is 12.8. The summed E-state index contributed by atoms with van der Waals surface area (Å²) in [6, 6.07) is 0. The van der Waals surface area contributed by atoms with Gasteiger partial charge in [0.05, 0.1) is 25.7 Å². The predicted octanol–water partition coefficient (Wildman–Crippen LogP) is 1.93. The third kappa shape index (κ3) is 4.55. The van der Waals surface area contributed by atoms with Gasteiger partial charge >= 0.3 is 5.97 Å². The molecule has 2 heterocycles. The summed E-state index contributed by atoms with van der Waals surface area (Å²) in [7, 11) is 0. The maximum atomic E-state index is 12.8. The van der Waals surface area contributed by atoms with Crippen LogP contribution in [0.1, 0.15) is 39.0 Å². The van der Waals surface area contributed by atoms with Gasteiger partial charge in [0.2, 0.25) is 0 Å². The number of allylic oxidation sites excluding steroid dienone is 1. The number of fused-ring (bicyclic) bond motifs is 2. The van der Waals surface area contributed by atoms with Crippen LogP contribution in [-0.2, 0) is 14.3 Å². The summed E-state index contributed by atoms with van der Waals surface area (Å²) < 4.78 is 11.3. The second-order valence-corrected chi connectivity index (χ2v) is 9.88. The summed E-state index contributed by atoms with van der Waals surface area (Å²) in [5, 5.41) is 8.78. The molecule has 0 unspecified atom stereocenters. The van der Waals surface area contributed by atoms with E-state index < -0.39 is 0 Å². The minimum Gasteiger partial charge on any atom is -0.462 e. The zero-order chi connectivity index (χ0) is 20.4. The van der Waals surface area contributed by atoms with Crippen LogP contribution in [0.25, 0.3) is 0 Å². The quantitative estimate of drug-likeness (QED) is 0.396. The Bertz CT molecular complexity index is 604. The summed E-state index contributed by atoms with van der Waals surface area (Å²) in [4.78, 5) is 17.6. The van der Waals surface area contributed by atoms with Crippen LogP contribution >= 0.6 is 0 Å². The number of ether oxygens (including phenoxy) is 2. The molecule has 4 fully saturated rings. The van der Waals surface area contributed by atoms with Gasteiger partial charge in [-0.1, -0.05) is 19.1 Å². The molecule has 6 heteroatoms. The fraction of sp³-hybridized carbons (Fsp3) is 0.870. The van der Waals surface area contributed by atoms with Crippen LogP contribution in [0.4, 0.5) is 0 Å². The Morgan fingerprint density at radius 2 is 2.00 bits per heavy atom. The molecule has 0 spiro atoms. The van der Waals surface area contributed by atoms with Crippen LogP contribution in [0.2, 0.25) is 0 Å². The zero-order valence-electron chi connectivity index (χ0n) is 18.0. The van der Waals surface area contributed by atoms with Crippen LogP contribution in [0, 0.1) is 23.2 Å². The van der Waals surface area contributed by atoms with Crippen molar-refractivity contribution in [3.63, 3.8) is 0 Å². The SMILES string of the molecule is C=C1CCC[C@@]2(C)C[C@H]3OC(=O)[C@H](CN4CCN(CCOCCO)CC4)[C@@H]3C[C@H]12. The van der Waals surface area contributed by atoms with Crippen molar-refractivity contribution in [2.75, 3.05) is 59.1 Å². The lowest BCUT2D eigenvalue weighted by atomic mass is 9.55. The average molecular weight is 407 g/mol. The van der Waals surface area contributed by atoms with Crippen molar-refractivity contribution in [1.29, 1.82) is 0 Å². The highest BCUT2D eigenvalue weighted by Crippen LogP contribution is 2.56. The number of piperazine rings is 1. The third-order valence-corrected chi connectivity index (χ3v) is 8.03. The Kier molecular flexibility index (Phi) is 6.64. The van der Waals surface area contributed by atoms with E-state index >= 15 is 0 Å². The van der Waals surface area contributed by atoms with E-state index in [0.717, 1.165) is 58.5 Å². The molecule has 2 saturated carbocycles.